The van der Waals surface area contributed by atoms with Crippen LogP contribution in [0.2, 0.25) is 5.02 Å². The SMILES string of the molecule is CC(C)(C)C(=O)OCOP(=O)(OCOC(=O)C(C)(C)C)OCN1C(=O)N[C@](C)(CCC(=O)N2Cc3cc(Cl)c(C(F)(F)F)cc3C2)C1=O. The van der Waals surface area contributed by atoms with E-state index in [-0.39, 0.29) is 31.5 Å². The number of nitrogens with zero attached hydrogens (tertiary/aromatic N) is 2. The molecule has 2 heterocycles. The van der Waals surface area contributed by atoms with Crippen LogP contribution in [0.1, 0.15) is 78.0 Å². The highest BCUT2D eigenvalue weighted by molar-refractivity contribution is 7.48. The van der Waals surface area contributed by atoms with Gasteiger partial charge >= 0.3 is 32.0 Å². The van der Waals surface area contributed by atoms with E-state index in [0.29, 0.717) is 10.5 Å². The molecule has 0 saturated carbocycles. The Morgan fingerprint density at radius 2 is 1.42 bits per heavy atom. The van der Waals surface area contributed by atoms with Crippen molar-refractivity contribution in [2.75, 3.05) is 20.3 Å². The van der Waals surface area contributed by atoms with Gasteiger partial charge < -0.3 is 19.7 Å². The fourth-order valence-corrected chi connectivity index (χ4v) is 5.46. The van der Waals surface area contributed by atoms with E-state index in [1.165, 1.54) is 17.9 Å². The topological polar surface area (TPSA) is 167 Å². The molecule has 1 saturated heterocycles. The molecule has 268 valence electrons. The number of carbonyl (C=O) groups is 5. The number of benzene rings is 1. The van der Waals surface area contributed by atoms with Crippen LogP contribution in [0.15, 0.2) is 12.1 Å². The summed E-state index contributed by atoms with van der Waals surface area (Å²) in [4.78, 5) is 65.0. The maximum atomic E-state index is 13.3. The number of carbonyl (C=O) groups excluding carboxylic acids is 5. The fraction of sp³-hybridized carbons (Fsp3) is 0.621. The van der Waals surface area contributed by atoms with E-state index in [2.05, 4.69) is 5.32 Å². The Kier molecular flexibility index (Phi) is 11.7. The van der Waals surface area contributed by atoms with Crippen molar-refractivity contribution in [3.8, 4) is 0 Å². The third-order valence-corrected chi connectivity index (χ3v) is 8.81. The van der Waals surface area contributed by atoms with Crippen LogP contribution in [0.25, 0.3) is 0 Å². The van der Waals surface area contributed by atoms with Gasteiger partial charge in [-0.15, -0.1) is 0 Å². The number of halogens is 4. The first kappa shape index (κ1) is 39.2. The average Bonchev–Trinajstić information content (AvgIpc) is 3.45. The van der Waals surface area contributed by atoms with Crippen molar-refractivity contribution < 1.29 is 64.8 Å². The van der Waals surface area contributed by atoms with E-state index in [0.717, 1.165) is 6.07 Å². The average molecular weight is 728 g/mol. The third-order valence-electron chi connectivity index (χ3n) is 7.23. The minimum Gasteiger partial charge on any atom is -0.437 e. The van der Waals surface area contributed by atoms with Crippen molar-refractivity contribution >= 4 is 49.2 Å². The predicted molar refractivity (Wildman–Crippen MR) is 160 cm³/mol. The molecule has 2 aliphatic rings. The smallest absolute Gasteiger partial charge is 0.437 e. The van der Waals surface area contributed by atoms with Crippen LogP contribution in [-0.4, -0.2) is 65.4 Å². The minimum absolute atomic E-state index is 0.00835. The quantitative estimate of drug-likeness (QED) is 0.125. The van der Waals surface area contributed by atoms with Crippen molar-refractivity contribution in [3.05, 3.63) is 33.8 Å². The van der Waals surface area contributed by atoms with Gasteiger partial charge in [0.1, 0.15) is 12.3 Å². The summed E-state index contributed by atoms with van der Waals surface area (Å²) in [5.41, 5.74) is -3.76. The van der Waals surface area contributed by atoms with Crippen LogP contribution in [0.5, 0.6) is 0 Å². The summed E-state index contributed by atoms with van der Waals surface area (Å²) in [5, 5.41) is 1.96. The third kappa shape index (κ3) is 9.68. The van der Waals surface area contributed by atoms with Crippen LogP contribution >= 0.6 is 19.4 Å². The second-order valence-corrected chi connectivity index (χ2v) is 15.5. The normalized spacial score (nSPS) is 18.6. The zero-order valence-electron chi connectivity index (χ0n) is 27.4. The largest absolute Gasteiger partial charge is 0.482 e. The van der Waals surface area contributed by atoms with Gasteiger partial charge in [0, 0.05) is 19.5 Å². The van der Waals surface area contributed by atoms with Crippen molar-refractivity contribution in [3.63, 3.8) is 0 Å². The van der Waals surface area contributed by atoms with E-state index >= 15 is 0 Å². The molecule has 0 radical (unpaired) electrons. The lowest BCUT2D eigenvalue weighted by Gasteiger charge is -2.24. The molecule has 1 N–H and O–H groups in total. The molecule has 1 aromatic carbocycles. The highest BCUT2D eigenvalue weighted by Gasteiger charge is 2.49. The highest BCUT2D eigenvalue weighted by Crippen LogP contribution is 2.50. The summed E-state index contributed by atoms with van der Waals surface area (Å²) < 4.78 is 78.2. The number of fused-ring (bicyclic) bond motifs is 1. The van der Waals surface area contributed by atoms with Gasteiger partial charge in [0.2, 0.25) is 19.5 Å². The number of hydrogen-bond acceptors (Lipinski definition) is 11. The lowest BCUT2D eigenvalue weighted by molar-refractivity contribution is -0.163. The lowest BCUT2D eigenvalue weighted by Crippen LogP contribution is -2.45. The molecular weight excluding hydrogens is 690 g/mol. The summed E-state index contributed by atoms with van der Waals surface area (Å²) in [7, 11) is -4.74. The highest BCUT2D eigenvalue weighted by atomic mass is 35.5. The Morgan fingerprint density at radius 1 is 0.917 bits per heavy atom. The maximum Gasteiger partial charge on any atom is 0.482 e. The van der Waals surface area contributed by atoms with Gasteiger partial charge in [-0.05, 0) is 78.1 Å². The van der Waals surface area contributed by atoms with Gasteiger partial charge in [0.05, 0.1) is 21.4 Å². The van der Waals surface area contributed by atoms with Crippen LogP contribution in [0, 0.1) is 10.8 Å². The summed E-state index contributed by atoms with van der Waals surface area (Å²) in [6.45, 7) is 7.81. The molecule has 0 bridgehead atoms. The number of esters is 2. The maximum absolute atomic E-state index is 13.3. The van der Waals surface area contributed by atoms with Gasteiger partial charge in [0.25, 0.3) is 5.91 Å². The molecule has 0 spiro atoms. The van der Waals surface area contributed by atoms with Gasteiger partial charge in [-0.1, -0.05) is 11.6 Å². The molecule has 0 unspecified atom stereocenters. The van der Waals surface area contributed by atoms with Gasteiger partial charge in [0.15, 0.2) is 0 Å². The monoisotopic (exact) mass is 727 g/mol. The molecule has 14 nitrogen and oxygen atoms in total. The van der Waals surface area contributed by atoms with Gasteiger partial charge in [-0.2, -0.15) is 13.2 Å². The number of imide groups is 1. The van der Waals surface area contributed by atoms with Crippen LogP contribution in [0.4, 0.5) is 18.0 Å². The standard InChI is InChI=1S/C29H38ClF3N3O11P/c1-26(2,3)23(39)43-15-46-48(42,47-16-44-24(40)27(4,5)6)45-14-36-22(38)28(7,34-25(36)41)9-8-21(37)35-12-17-10-19(29(31,32)33)20(30)11-18(17)13-35/h10-11H,8-9,12-16H2,1-7H3,(H,34,41)/t28-/m1/s1. The summed E-state index contributed by atoms with van der Waals surface area (Å²) in [6.07, 6.45) is -5.14. The Labute approximate surface area is 280 Å². The van der Waals surface area contributed by atoms with Crippen molar-refractivity contribution in [1.29, 1.82) is 0 Å². The Bertz CT molecular complexity index is 1470. The summed E-state index contributed by atoms with van der Waals surface area (Å²) in [6, 6.07) is 1.10. The number of hydrogen-bond donors (Lipinski definition) is 1. The lowest BCUT2D eigenvalue weighted by atomic mass is 9.95. The molecule has 1 aromatic rings. The molecule has 1 fully saturated rings. The van der Waals surface area contributed by atoms with Crippen LogP contribution in [0.3, 0.4) is 0 Å². The van der Waals surface area contributed by atoms with Gasteiger partial charge in [-0.3, -0.25) is 23.7 Å². The molecule has 0 aromatic heterocycles. The number of alkyl halides is 3. The molecule has 19 heteroatoms. The first-order valence-corrected chi connectivity index (χ1v) is 16.4. The number of phosphoric ester groups is 1. The van der Waals surface area contributed by atoms with Gasteiger partial charge in [-0.25, -0.2) is 23.3 Å². The summed E-state index contributed by atoms with van der Waals surface area (Å²) >= 11 is 5.80. The zero-order chi connectivity index (χ0) is 36.5. The number of phosphoric acid groups is 1. The molecule has 3 rings (SSSR count). The Hall–Kier alpha value is -3.24. The second kappa shape index (κ2) is 14.3. The molecule has 4 amide bonds. The van der Waals surface area contributed by atoms with Crippen molar-refractivity contribution in [2.24, 2.45) is 10.8 Å². The van der Waals surface area contributed by atoms with E-state index in [4.69, 9.17) is 34.6 Å². The fourth-order valence-electron chi connectivity index (χ4n) is 4.33. The summed E-state index contributed by atoms with van der Waals surface area (Å²) in [5.74, 6) is -2.80. The van der Waals surface area contributed by atoms with Crippen molar-refractivity contribution in [1.82, 2.24) is 15.1 Å². The van der Waals surface area contributed by atoms with E-state index in [1.54, 1.807) is 41.5 Å². The van der Waals surface area contributed by atoms with Crippen molar-refractivity contribution in [2.45, 2.75) is 86.1 Å². The number of urea groups is 1. The molecule has 48 heavy (non-hydrogen) atoms. The molecule has 0 aliphatic carbocycles. The first-order valence-electron chi connectivity index (χ1n) is 14.5. The molecule has 1 atom stereocenters. The minimum atomic E-state index is -4.74. The number of ether oxygens (including phenoxy) is 2. The first-order chi connectivity index (χ1) is 21.9. The Balaban J connectivity index is 1.62. The molecule has 2 aliphatic heterocycles. The number of rotatable bonds is 12. The molecular formula is C29H38ClF3N3O11P. The Morgan fingerprint density at radius 3 is 1.90 bits per heavy atom. The van der Waals surface area contributed by atoms with E-state index < -0.39 is 91.1 Å². The zero-order valence-corrected chi connectivity index (χ0v) is 29.1. The van der Waals surface area contributed by atoms with Crippen LogP contribution < -0.4 is 5.32 Å². The van der Waals surface area contributed by atoms with E-state index in [1.807, 2.05) is 0 Å². The predicted octanol–water partition coefficient (Wildman–Crippen LogP) is 5.50. The van der Waals surface area contributed by atoms with E-state index in [9.17, 15) is 41.7 Å². The van der Waals surface area contributed by atoms with Crippen LogP contribution in [-0.2, 0) is 66.1 Å². The second-order valence-electron chi connectivity index (χ2n) is 13.4. The number of amides is 4. The number of nitrogens with one attached hydrogen (secondary N) is 1.